The molecule has 1 heterocycles. The Labute approximate surface area is 108 Å². The van der Waals surface area contributed by atoms with Gasteiger partial charge in [0.25, 0.3) is 0 Å². The topological polar surface area (TPSA) is 60.9 Å². The van der Waals surface area contributed by atoms with Crippen LogP contribution in [0, 0.1) is 0 Å². The van der Waals surface area contributed by atoms with Crippen molar-refractivity contribution in [1.29, 1.82) is 0 Å². The molecule has 0 aromatic heterocycles. The van der Waals surface area contributed by atoms with E-state index in [2.05, 4.69) is 6.58 Å². The van der Waals surface area contributed by atoms with Gasteiger partial charge < -0.3 is 14.9 Å². The van der Waals surface area contributed by atoms with E-state index in [9.17, 15) is 14.7 Å². The van der Waals surface area contributed by atoms with Crippen molar-refractivity contribution < 1.29 is 14.7 Å². The third-order valence-corrected chi connectivity index (χ3v) is 3.28. The number of carbonyl (C=O) groups excluding carboxylic acids is 1. The summed E-state index contributed by atoms with van der Waals surface area (Å²) in [6.07, 6.45) is 5.76. The lowest BCUT2D eigenvalue weighted by molar-refractivity contribution is -0.142. The molecule has 1 fully saturated rings. The van der Waals surface area contributed by atoms with Gasteiger partial charge in [-0.25, -0.2) is 9.59 Å². The normalized spacial score (nSPS) is 20.1. The number of amides is 2. The van der Waals surface area contributed by atoms with Gasteiger partial charge in [0.2, 0.25) is 0 Å². The Hall–Kier alpha value is -1.52. The maximum absolute atomic E-state index is 12.2. The Balaban J connectivity index is 2.71. The van der Waals surface area contributed by atoms with E-state index < -0.39 is 12.0 Å². The van der Waals surface area contributed by atoms with Crippen LogP contribution >= 0.6 is 0 Å². The van der Waals surface area contributed by atoms with Crippen molar-refractivity contribution in [2.75, 3.05) is 20.1 Å². The fourth-order valence-corrected chi connectivity index (χ4v) is 2.19. The number of rotatable bonds is 4. The maximum atomic E-state index is 12.2. The Morgan fingerprint density at radius 2 is 2.17 bits per heavy atom. The second-order valence-corrected chi connectivity index (χ2v) is 4.68. The molecule has 0 spiro atoms. The highest BCUT2D eigenvalue weighted by molar-refractivity contribution is 5.82. The second-order valence-electron chi connectivity index (χ2n) is 4.68. The van der Waals surface area contributed by atoms with Crippen LogP contribution in [0.1, 0.15) is 32.1 Å². The number of carboxylic acids is 1. The summed E-state index contributed by atoms with van der Waals surface area (Å²) in [5.41, 5.74) is 0. The SMILES string of the molecule is C=CCCN(C)C(=O)N1CCCCCC1C(=O)O. The first-order chi connectivity index (χ1) is 8.57. The van der Waals surface area contributed by atoms with Gasteiger partial charge in [-0.3, -0.25) is 0 Å². The Kier molecular flexibility index (Phi) is 5.68. The zero-order valence-electron chi connectivity index (χ0n) is 11.0. The average molecular weight is 254 g/mol. The van der Waals surface area contributed by atoms with Crippen LogP contribution in [0.3, 0.4) is 0 Å². The van der Waals surface area contributed by atoms with E-state index in [1.807, 2.05) is 0 Å². The minimum atomic E-state index is -0.901. The summed E-state index contributed by atoms with van der Waals surface area (Å²) in [6, 6.07) is -0.864. The molecular weight excluding hydrogens is 232 g/mol. The van der Waals surface area contributed by atoms with Crippen molar-refractivity contribution >= 4 is 12.0 Å². The van der Waals surface area contributed by atoms with E-state index in [1.165, 1.54) is 4.90 Å². The fraction of sp³-hybridized carbons (Fsp3) is 0.692. The quantitative estimate of drug-likeness (QED) is 0.780. The van der Waals surface area contributed by atoms with Crippen LogP contribution in [0.25, 0.3) is 0 Å². The molecule has 1 rings (SSSR count). The maximum Gasteiger partial charge on any atom is 0.326 e. The lowest BCUT2D eigenvalue weighted by Crippen LogP contribution is -2.49. The first-order valence-corrected chi connectivity index (χ1v) is 6.43. The molecule has 2 amide bonds. The molecule has 1 aliphatic heterocycles. The van der Waals surface area contributed by atoms with Gasteiger partial charge in [-0.1, -0.05) is 18.9 Å². The van der Waals surface area contributed by atoms with Crippen LogP contribution < -0.4 is 0 Å². The Morgan fingerprint density at radius 1 is 1.44 bits per heavy atom. The predicted molar refractivity (Wildman–Crippen MR) is 69.4 cm³/mol. The van der Waals surface area contributed by atoms with E-state index >= 15 is 0 Å². The number of hydrogen-bond donors (Lipinski definition) is 1. The number of nitrogens with zero attached hydrogens (tertiary/aromatic N) is 2. The van der Waals surface area contributed by atoms with E-state index in [0.717, 1.165) is 19.3 Å². The van der Waals surface area contributed by atoms with Crippen LogP contribution in [0.2, 0.25) is 0 Å². The minimum absolute atomic E-state index is 0.189. The Morgan fingerprint density at radius 3 is 2.78 bits per heavy atom. The van der Waals surface area contributed by atoms with Gasteiger partial charge in [-0.15, -0.1) is 6.58 Å². The summed E-state index contributed by atoms with van der Waals surface area (Å²) in [6.45, 7) is 4.73. The standard InChI is InChI=1S/C13H22N2O3/c1-3-4-9-14(2)13(18)15-10-7-5-6-8-11(15)12(16)17/h3,11H,1,4-10H2,2H3,(H,16,17). The van der Waals surface area contributed by atoms with Crippen LogP contribution in [0.15, 0.2) is 12.7 Å². The average Bonchev–Trinajstić information content (AvgIpc) is 2.60. The Bertz CT molecular complexity index is 317. The predicted octanol–water partition coefficient (Wildman–Crippen LogP) is 1.94. The summed E-state index contributed by atoms with van der Waals surface area (Å²) in [4.78, 5) is 26.5. The molecule has 1 N–H and O–H groups in total. The number of carbonyl (C=O) groups is 2. The van der Waals surface area contributed by atoms with Gasteiger partial charge in [0, 0.05) is 20.1 Å². The molecule has 0 radical (unpaired) electrons. The van der Waals surface area contributed by atoms with Gasteiger partial charge in [0.1, 0.15) is 6.04 Å². The summed E-state index contributed by atoms with van der Waals surface area (Å²) in [5, 5.41) is 9.21. The zero-order chi connectivity index (χ0) is 13.5. The molecule has 0 bridgehead atoms. The third-order valence-electron chi connectivity index (χ3n) is 3.28. The highest BCUT2D eigenvalue weighted by Crippen LogP contribution is 2.18. The van der Waals surface area contributed by atoms with E-state index in [4.69, 9.17) is 0 Å². The van der Waals surface area contributed by atoms with Crippen LogP contribution in [-0.4, -0.2) is 53.1 Å². The molecule has 5 nitrogen and oxygen atoms in total. The monoisotopic (exact) mass is 254 g/mol. The molecule has 0 aromatic carbocycles. The molecule has 1 aliphatic rings. The van der Waals surface area contributed by atoms with Crippen LogP contribution in [-0.2, 0) is 4.79 Å². The number of urea groups is 1. The van der Waals surface area contributed by atoms with Gasteiger partial charge >= 0.3 is 12.0 Å². The minimum Gasteiger partial charge on any atom is -0.480 e. The summed E-state index contributed by atoms with van der Waals surface area (Å²) in [5.74, 6) is -0.901. The molecule has 18 heavy (non-hydrogen) atoms. The fourth-order valence-electron chi connectivity index (χ4n) is 2.19. The van der Waals surface area contributed by atoms with Crippen molar-refractivity contribution in [2.24, 2.45) is 0 Å². The smallest absolute Gasteiger partial charge is 0.326 e. The van der Waals surface area contributed by atoms with Crippen molar-refractivity contribution in [3.05, 3.63) is 12.7 Å². The highest BCUT2D eigenvalue weighted by Gasteiger charge is 2.32. The van der Waals surface area contributed by atoms with Gasteiger partial charge in [0.15, 0.2) is 0 Å². The zero-order valence-corrected chi connectivity index (χ0v) is 11.0. The lowest BCUT2D eigenvalue weighted by atomic mass is 10.1. The van der Waals surface area contributed by atoms with Crippen molar-refractivity contribution in [3.63, 3.8) is 0 Å². The molecule has 102 valence electrons. The molecule has 0 aliphatic carbocycles. The van der Waals surface area contributed by atoms with Gasteiger partial charge in [-0.2, -0.15) is 0 Å². The van der Waals surface area contributed by atoms with Crippen molar-refractivity contribution in [2.45, 2.75) is 38.1 Å². The summed E-state index contributed by atoms with van der Waals surface area (Å²) in [7, 11) is 1.70. The lowest BCUT2D eigenvalue weighted by Gasteiger charge is -2.31. The molecule has 0 saturated carbocycles. The molecule has 1 saturated heterocycles. The third kappa shape index (κ3) is 3.75. The van der Waals surface area contributed by atoms with E-state index in [1.54, 1.807) is 18.0 Å². The largest absolute Gasteiger partial charge is 0.480 e. The second kappa shape index (κ2) is 7.03. The van der Waals surface area contributed by atoms with Gasteiger partial charge in [-0.05, 0) is 19.3 Å². The molecule has 1 unspecified atom stereocenters. The molecule has 5 heteroatoms. The number of aliphatic carboxylic acids is 1. The van der Waals surface area contributed by atoms with Crippen LogP contribution in [0.5, 0.6) is 0 Å². The first kappa shape index (κ1) is 14.5. The highest BCUT2D eigenvalue weighted by atomic mass is 16.4. The number of carboxylic acid groups (broad SMARTS) is 1. The molecule has 0 aromatic rings. The molecular formula is C13H22N2O3. The molecule has 1 atom stereocenters. The van der Waals surface area contributed by atoms with E-state index in [0.29, 0.717) is 25.9 Å². The van der Waals surface area contributed by atoms with Gasteiger partial charge in [0.05, 0.1) is 0 Å². The first-order valence-electron chi connectivity index (χ1n) is 6.43. The number of hydrogen-bond acceptors (Lipinski definition) is 2. The summed E-state index contributed by atoms with van der Waals surface area (Å²) < 4.78 is 0. The number of likely N-dealkylation sites (tertiary alicyclic amines) is 1. The van der Waals surface area contributed by atoms with Crippen molar-refractivity contribution in [1.82, 2.24) is 9.80 Å². The van der Waals surface area contributed by atoms with Crippen LogP contribution in [0.4, 0.5) is 4.79 Å². The van der Waals surface area contributed by atoms with Crippen molar-refractivity contribution in [3.8, 4) is 0 Å². The summed E-state index contributed by atoms with van der Waals surface area (Å²) >= 11 is 0. The van der Waals surface area contributed by atoms with E-state index in [-0.39, 0.29) is 6.03 Å².